The molecule has 0 amide bonds. The number of anilines is 8. The van der Waals surface area contributed by atoms with Crippen LogP contribution in [0, 0.1) is 27.7 Å². The van der Waals surface area contributed by atoms with Crippen molar-refractivity contribution in [1.29, 1.82) is 0 Å². The molecule has 0 radical (unpaired) electrons. The van der Waals surface area contributed by atoms with Crippen molar-refractivity contribution in [1.82, 2.24) is 19.9 Å². The maximum atomic E-state index is 4.40. The zero-order valence-corrected chi connectivity index (χ0v) is 26.3. The number of hydrogen-bond acceptors (Lipinski definition) is 8. The summed E-state index contributed by atoms with van der Waals surface area (Å²) < 4.78 is 0. The SMILES string of the molecule is Cc1cc2c(cc1C)N(c1ccncc1)C(C1N(c3ccncc3)c3cc(C)c(C)cc3N1c1ccncc1)N2c1ccncc1. The highest BCUT2D eigenvalue weighted by molar-refractivity contribution is 5.94. The highest BCUT2D eigenvalue weighted by Gasteiger charge is 2.52. The third-order valence-corrected chi connectivity index (χ3v) is 9.31. The number of fused-ring (bicyclic) bond motifs is 2. The lowest BCUT2D eigenvalue weighted by Gasteiger charge is -2.44. The van der Waals surface area contributed by atoms with Gasteiger partial charge in [-0.1, -0.05) is 0 Å². The summed E-state index contributed by atoms with van der Waals surface area (Å²) in [6, 6.07) is 26.1. The number of pyridine rings is 4. The first-order valence-electron chi connectivity index (χ1n) is 15.5. The first-order valence-corrected chi connectivity index (χ1v) is 15.5. The second-order valence-corrected chi connectivity index (χ2v) is 12.0. The normalized spacial score (nSPS) is 14.6. The largest absolute Gasteiger partial charge is 0.314 e. The van der Waals surface area contributed by atoms with Crippen molar-refractivity contribution in [2.45, 2.75) is 40.0 Å². The number of nitrogens with zero attached hydrogens (tertiary/aromatic N) is 8. The van der Waals surface area contributed by atoms with Crippen LogP contribution in [0.2, 0.25) is 0 Å². The smallest absolute Gasteiger partial charge is 0.151 e. The zero-order chi connectivity index (χ0) is 31.4. The fourth-order valence-corrected chi connectivity index (χ4v) is 6.86. The van der Waals surface area contributed by atoms with E-state index in [9.17, 15) is 0 Å². The van der Waals surface area contributed by atoms with Crippen LogP contribution in [-0.2, 0) is 0 Å². The van der Waals surface area contributed by atoms with E-state index >= 15 is 0 Å². The minimum atomic E-state index is -0.240. The molecule has 0 saturated carbocycles. The monoisotopic (exact) mass is 602 g/mol. The lowest BCUT2D eigenvalue weighted by Crippen LogP contribution is -2.58. The predicted octanol–water partition coefficient (Wildman–Crippen LogP) is 8.43. The third-order valence-electron chi connectivity index (χ3n) is 9.31. The number of hydrogen-bond donors (Lipinski definition) is 0. The van der Waals surface area contributed by atoms with Crippen LogP contribution in [0.1, 0.15) is 22.3 Å². The first-order chi connectivity index (χ1) is 22.5. The summed E-state index contributed by atoms with van der Waals surface area (Å²) in [6.45, 7) is 8.75. The Labute approximate surface area is 269 Å². The quantitative estimate of drug-likeness (QED) is 0.195. The van der Waals surface area contributed by atoms with Crippen LogP contribution in [0.5, 0.6) is 0 Å². The molecule has 6 heterocycles. The molecule has 8 heteroatoms. The maximum Gasteiger partial charge on any atom is 0.151 e. The number of benzene rings is 2. The predicted molar refractivity (Wildman–Crippen MR) is 185 cm³/mol. The van der Waals surface area contributed by atoms with E-state index in [0.29, 0.717) is 0 Å². The number of aryl methyl sites for hydroxylation is 4. The van der Waals surface area contributed by atoms with Crippen molar-refractivity contribution in [2.75, 3.05) is 19.6 Å². The van der Waals surface area contributed by atoms with Gasteiger partial charge in [-0.15, -0.1) is 0 Å². The average Bonchev–Trinajstić information content (AvgIpc) is 3.58. The van der Waals surface area contributed by atoms with Crippen molar-refractivity contribution in [3.63, 3.8) is 0 Å². The molecule has 46 heavy (non-hydrogen) atoms. The van der Waals surface area contributed by atoms with Crippen molar-refractivity contribution in [3.8, 4) is 0 Å². The third kappa shape index (κ3) is 4.36. The number of aromatic nitrogens is 4. The molecule has 0 aliphatic carbocycles. The van der Waals surface area contributed by atoms with Crippen LogP contribution in [0.15, 0.2) is 122 Å². The van der Waals surface area contributed by atoms with E-state index in [-0.39, 0.29) is 12.3 Å². The first kappa shape index (κ1) is 27.8. The average molecular weight is 603 g/mol. The lowest BCUT2D eigenvalue weighted by molar-refractivity contribution is 0.549. The Morgan fingerprint density at radius 1 is 0.348 bits per heavy atom. The molecule has 6 aromatic rings. The van der Waals surface area contributed by atoms with Crippen LogP contribution < -0.4 is 19.6 Å². The van der Waals surface area contributed by atoms with Crippen molar-refractivity contribution < 1.29 is 0 Å². The molecule has 0 N–H and O–H groups in total. The van der Waals surface area contributed by atoms with Gasteiger partial charge in [-0.25, -0.2) is 0 Å². The van der Waals surface area contributed by atoms with Gasteiger partial charge in [0.2, 0.25) is 0 Å². The molecule has 0 atom stereocenters. The molecule has 0 bridgehead atoms. The van der Waals surface area contributed by atoms with Gasteiger partial charge < -0.3 is 19.6 Å². The van der Waals surface area contributed by atoms with Gasteiger partial charge in [0.05, 0.1) is 22.7 Å². The lowest BCUT2D eigenvalue weighted by atomic mass is 10.1. The molecule has 2 aromatic carbocycles. The van der Waals surface area contributed by atoms with Gasteiger partial charge in [0.15, 0.2) is 12.3 Å². The molecule has 4 aromatic heterocycles. The van der Waals surface area contributed by atoms with Crippen LogP contribution in [0.3, 0.4) is 0 Å². The van der Waals surface area contributed by atoms with Crippen LogP contribution in [0.25, 0.3) is 0 Å². The van der Waals surface area contributed by atoms with E-state index < -0.39 is 0 Å². The molecule has 2 aliphatic rings. The Morgan fingerprint density at radius 3 is 0.739 bits per heavy atom. The fraction of sp³-hybridized carbons (Fsp3) is 0.158. The van der Waals surface area contributed by atoms with Gasteiger partial charge in [0.25, 0.3) is 0 Å². The Kier molecular flexibility index (Phi) is 6.64. The molecular formula is C38H34N8. The molecule has 0 unspecified atom stereocenters. The van der Waals surface area contributed by atoms with E-state index in [1.807, 2.05) is 49.6 Å². The van der Waals surface area contributed by atoms with E-state index in [0.717, 1.165) is 45.5 Å². The standard InChI is InChI=1S/C38H34N8/c1-25-21-33-34(22-26(25)2)44(30-7-15-40-16-8-30)37(43(33)29-5-13-39-14-6-29)38-45(31-9-17-41-18-10-31)35-23-27(3)28(4)24-36(35)46(38)32-11-19-42-20-12-32/h5-24,37-38H,1-4H3. The molecule has 0 spiro atoms. The van der Waals surface area contributed by atoms with Crippen molar-refractivity contribution in [2.24, 2.45) is 0 Å². The van der Waals surface area contributed by atoms with E-state index in [4.69, 9.17) is 0 Å². The minimum Gasteiger partial charge on any atom is -0.314 e. The van der Waals surface area contributed by atoms with Crippen molar-refractivity contribution >= 4 is 45.5 Å². The second-order valence-electron chi connectivity index (χ2n) is 12.0. The van der Waals surface area contributed by atoms with Gasteiger partial charge in [-0.3, -0.25) is 19.9 Å². The summed E-state index contributed by atoms with van der Waals surface area (Å²) >= 11 is 0. The summed E-state index contributed by atoms with van der Waals surface area (Å²) in [5, 5.41) is 0. The minimum absolute atomic E-state index is 0.240. The van der Waals surface area contributed by atoms with Gasteiger partial charge in [-0.05, 0) is 123 Å². The Bertz CT molecular complexity index is 1730. The van der Waals surface area contributed by atoms with Gasteiger partial charge >= 0.3 is 0 Å². The highest BCUT2D eigenvalue weighted by atomic mass is 15.5. The van der Waals surface area contributed by atoms with Crippen LogP contribution in [-0.4, -0.2) is 32.3 Å². The summed E-state index contributed by atoms with van der Waals surface area (Å²) in [7, 11) is 0. The number of rotatable bonds is 5. The fourth-order valence-electron chi connectivity index (χ4n) is 6.86. The van der Waals surface area contributed by atoms with E-state index in [2.05, 4.69) is 140 Å². The highest BCUT2D eigenvalue weighted by Crippen LogP contribution is 2.56. The molecular weight excluding hydrogens is 568 g/mol. The van der Waals surface area contributed by atoms with Gasteiger partial charge in [-0.2, -0.15) is 0 Å². The Morgan fingerprint density at radius 2 is 0.543 bits per heavy atom. The summed E-state index contributed by atoms with van der Waals surface area (Å²) in [5.41, 5.74) is 13.8. The van der Waals surface area contributed by atoms with E-state index in [1.54, 1.807) is 0 Å². The topological polar surface area (TPSA) is 64.5 Å². The van der Waals surface area contributed by atoms with Crippen LogP contribution in [0.4, 0.5) is 45.5 Å². The van der Waals surface area contributed by atoms with Gasteiger partial charge in [0, 0.05) is 72.3 Å². The zero-order valence-electron chi connectivity index (χ0n) is 26.3. The maximum absolute atomic E-state index is 4.40. The Hall–Kier alpha value is -5.76. The molecule has 8 rings (SSSR count). The summed E-state index contributed by atoms with van der Waals surface area (Å²) in [5.74, 6) is 0. The summed E-state index contributed by atoms with van der Waals surface area (Å²) in [6.07, 6.45) is 14.5. The van der Waals surface area contributed by atoms with Gasteiger partial charge in [0.1, 0.15) is 0 Å². The molecule has 2 aliphatic heterocycles. The second kappa shape index (κ2) is 11.0. The van der Waals surface area contributed by atoms with Crippen molar-refractivity contribution in [3.05, 3.63) is 145 Å². The molecule has 226 valence electrons. The molecule has 8 nitrogen and oxygen atoms in total. The molecule has 0 fully saturated rings. The molecule has 0 saturated heterocycles. The Balaban J connectivity index is 1.47. The summed E-state index contributed by atoms with van der Waals surface area (Å²) in [4.78, 5) is 27.5. The van der Waals surface area contributed by atoms with E-state index in [1.165, 1.54) is 22.3 Å². The van der Waals surface area contributed by atoms with Crippen LogP contribution >= 0.6 is 0 Å².